The second-order valence-corrected chi connectivity index (χ2v) is 7.08. The number of carbonyl (C=O) groups is 1. The molecule has 0 spiro atoms. The number of carbonyl (C=O) groups excluding carboxylic acids is 1. The van der Waals surface area contributed by atoms with E-state index in [4.69, 9.17) is 14.6 Å². The summed E-state index contributed by atoms with van der Waals surface area (Å²) >= 11 is 0. The Balaban J connectivity index is 3.60. The van der Waals surface area contributed by atoms with Crippen molar-refractivity contribution < 1.29 is 45.7 Å². The maximum Gasteiger partial charge on any atom is 0.455 e. The molecule has 1 N–H and O–H groups in total. The molecule has 1 atom stereocenters. The summed E-state index contributed by atoms with van der Waals surface area (Å²) in [6.45, 7) is 7.36. The first-order valence-electron chi connectivity index (χ1n) is 8.90. The summed E-state index contributed by atoms with van der Waals surface area (Å²) in [5.41, 5.74) is -1.28. The van der Waals surface area contributed by atoms with Gasteiger partial charge in [-0.1, -0.05) is 27.7 Å². The van der Waals surface area contributed by atoms with Crippen molar-refractivity contribution in [3.8, 4) is 5.75 Å². The van der Waals surface area contributed by atoms with Crippen LogP contribution in [0.5, 0.6) is 5.75 Å². The highest BCUT2D eigenvalue weighted by atomic mass is 19.4. The normalized spacial score (nSPS) is 14.8. The number of hydrogen-bond acceptors (Lipinski definition) is 4. The minimum Gasteiger partial charge on any atom is -0.481 e. The van der Waals surface area contributed by atoms with E-state index in [1.54, 1.807) is 34.6 Å². The van der Waals surface area contributed by atoms with Gasteiger partial charge in [-0.25, -0.2) is 4.79 Å². The molecule has 1 rings (SSSR count). The first-order valence-corrected chi connectivity index (χ1v) is 8.90. The highest BCUT2D eigenvalue weighted by molar-refractivity contribution is 5.71. The van der Waals surface area contributed by atoms with E-state index < -0.39 is 47.9 Å². The SMILES string of the molecule is CCOC(=O)COc1c(C(C)C)cc(C(F)(F)C(O)(F)C(F)(F)F)cc1C(C)C. The van der Waals surface area contributed by atoms with E-state index in [1.807, 2.05) is 0 Å². The monoisotopic (exact) mass is 430 g/mol. The van der Waals surface area contributed by atoms with Gasteiger partial charge in [-0.05, 0) is 42.0 Å². The van der Waals surface area contributed by atoms with E-state index >= 15 is 0 Å². The highest BCUT2D eigenvalue weighted by Gasteiger charge is 2.71. The number of esters is 1. The van der Waals surface area contributed by atoms with Crippen molar-refractivity contribution >= 4 is 5.97 Å². The van der Waals surface area contributed by atoms with Crippen LogP contribution in [0.15, 0.2) is 12.1 Å². The third-order valence-electron chi connectivity index (χ3n) is 4.18. The summed E-state index contributed by atoms with van der Waals surface area (Å²) in [4.78, 5) is 11.6. The fourth-order valence-corrected chi connectivity index (χ4v) is 2.58. The molecule has 0 aliphatic rings. The Morgan fingerprint density at radius 1 is 1.00 bits per heavy atom. The average molecular weight is 430 g/mol. The van der Waals surface area contributed by atoms with E-state index in [1.165, 1.54) is 0 Å². The maximum absolute atomic E-state index is 14.4. The molecule has 166 valence electrons. The van der Waals surface area contributed by atoms with Crippen molar-refractivity contribution in [1.82, 2.24) is 0 Å². The maximum atomic E-state index is 14.4. The number of rotatable bonds is 8. The Labute approximate surface area is 164 Å². The van der Waals surface area contributed by atoms with Gasteiger partial charge < -0.3 is 14.6 Å². The summed E-state index contributed by atoms with van der Waals surface area (Å²) in [6.07, 6.45) is -6.22. The van der Waals surface area contributed by atoms with Gasteiger partial charge in [0.15, 0.2) is 6.61 Å². The van der Waals surface area contributed by atoms with Crippen LogP contribution in [-0.2, 0) is 15.5 Å². The Hall–Kier alpha value is -1.97. The molecule has 10 heteroatoms. The largest absolute Gasteiger partial charge is 0.481 e. The molecule has 0 heterocycles. The molecule has 0 fully saturated rings. The minimum absolute atomic E-state index is 0.0250. The predicted octanol–water partition coefficient (Wildman–Crippen LogP) is 5.19. The standard InChI is InChI=1S/C19H24F6O4/c1-6-28-15(26)9-29-16-13(10(2)3)7-12(8-14(16)11(4)5)17(20,21)18(22,27)19(23,24)25/h7-8,10-11,27H,6,9H2,1-5H3. The number of halogens is 6. The number of benzene rings is 1. The van der Waals surface area contributed by atoms with Gasteiger partial charge in [0.2, 0.25) is 0 Å². The Bertz CT molecular complexity index is 697. The van der Waals surface area contributed by atoms with Gasteiger partial charge >= 0.3 is 23.9 Å². The van der Waals surface area contributed by atoms with E-state index in [0.29, 0.717) is 12.1 Å². The topological polar surface area (TPSA) is 55.8 Å². The number of aliphatic hydroxyl groups is 1. The second kappa shape index (κ2) is 8.81. The summed E-state index contributed by atoms with van der Waals surface area (Å²) in [6, 6.07) is 1.29. The van der Waals surface area contributed by atoms with E-state index in [9.17, 15) is 31.1 Å². The van der Waals surface area contributed by atoms with Crippen molar-refractivity contribution in [3.63, 3.8) is 0 Å². The molecule has 1 unspecified atom stereocenters. The van der Waals surface area contributed by atoms with Gasteiger partial charge in [-0.15, -0.1) is 0 Å². The lowest BCUT2D eigenvalue weighted by atomic mass is 9.88. The van der Waals surface area contributed by atoms with Crippen molar-refractivity contribution in [2.24, 2.45) is 0 Å². The van der Waals surface area contributed by atoms with Crippen LogP contribution < -0.4 is 4.74 Å². The van der Waals surface area contributed by atoms with Gasteiger partial charge in [0.05, 0.1) is 6.61 Å². The number of hydrogen-bond donors (Lipinski definition) is 1. The van der Waals surface area contributed by atoms with Crippen LogP contribution in [0.3, 0.4) is 0 Å². The first kappa shape index (κ1) is 25.1. The van der Waals surface area contributed by atoms with Crippen molar-refractivity contribution in [1.29, 1.82) is 0 Å². The van der Waals surface area contributed by atoms with Crippen LogP contribution in [0.4, 0.5) is 26.3 Å². The van der Waals surface area contributed by atoms with Crippen molar-refractivity contribution in [3.05, 3.63) is 28.8 Å². The summed E-state index contributed by atoms with van der Waals surface area (Å²) < 4.78 is 90.9. The van der Waals surface area contributed by atoms with Gasteiger partial charge in [0.1, 0.15) is 5.75 Å². The molecule has 0 saturated heterocycles. The van der Waals surface area contributed by atoms with Crippen molar-refractivity contribution in [2.45, 2.75) is 64.4 Å². The molecule has 0 bridgehead atoms. The minimum atomic E-state index is -6.22. The van der Waals surface area contributed by atoms with Crippen LogP contribution >= 0.6 is 0 Å². The number of alkyl halides is 6. The molecule has 0 aromatic heterocycles. The van der Waals surface area contributed by atoms with Gasteiger partial charge in [0.25, 0.3) is 0 Å². The zero-order chi connectivity index (χ0) is 22.8. The van der Waals surface area contributed by atoms with E-state index in [-0.39, 0.29) is 23.5 Å². The third kappa shape index (κ3) is 5.15. The third-order valence-corrected chi connectivity index (χ3v) is 4.18. The first-order chi connectivity index (χ1) is 13.1. The van der Waals surface area contributed by atoms with Crippen LogP contribution in [0, 0.1) is 0 Å². The van der Waals surface area contributed by atoms with Crippen LogP contribution in [-0.4, -0.2) is 36.3 Å². The number of ether oxygens (including phenoxy) is 2. The van der Waals surface area contributed by atoms with Crippen LogP contribution in [0.2, 0.25) is 0 Å². The van der Waals surface area contributed by atoms with Crippen LogP contribution in [0.25, 0.3) is 0 Å². The summed E-state index contributed by atoms with van der Waals surface area (Å²) in [7, 11) is 0. The molecule has 4 nitrogen and oxygen atoms in total. The molecular formula is C19H24F6O4. The Morgan fingerprint density at radius 3 is 1.79 bits per heavy atom. The molecule has 1 aromatic carbocycles. The van der Waals surface area contributed by atoms with Gasteiger partial charge in [0, 0.05) is 5.56 Å². The summed E-state index contributed by atoms with van der Waals surface area (Å²) in [5.74, 6) is -12.8. The Kier molecular flexibility index (Phi) is 7.61. The lowest BCUT2D eigenvalue weighted by Gasteiger charge is -2.32. The fourth-order valence-electron chi connectivity index (χ4n) is 2.58. The molecular weight excluding hydrogens is 406 g/mol. The molecule has 0 amide bonds. The molecule has 0 aliphatic carbocycles. The van der Waals surface area contributed by atoms with Gasteiger partial charge in [-0.2, -0.15) is 26.3 Å². The fraction of sp³-hybridized carbons (Fsp3) is 0.632. The lowest BCUT2D eigenvalue weighted by molar-refractivity contribution is -0.390. The molecule has 0 radical (unpaired) electrons. The molecule has 29 heavy (non-hydrogen) atoms. The zero-order valence-electron chi connectivity index (χ0n) is 16.7. The molecule has 0 saturated carbocycles. The average Bonchev–Trinajstić information content (AvgIpc) is 2.57. The zero-order valence-corrected chi connectivity index (χ0v) is 16.7. The molecule has 0 aliphatic heterocycles. The van der Waals surface area contributed by atoms with Crippen LogP contribution in [0.1, 0.15) is 63.1 Å². The van der Waals surface area contributed by atoms with Gasteiger partial charge in [-0.3, -0.25) is 0 Å². The smallest absolute Gasteiger partial charge is 0.455 e. The van der Waals surface area contributed by atoms with E-state index in [2.05, 4.69) is 0 Å². The van der Waals surface area contributed by atoms with Crippen molar-refractivity contribution in [2.75, 3.05) is 13.2 Å². The second-order valence-electron chi connectivity index (χ2n) is 7.08. The summed E-state index contributed by atoms with van der Waals surface area (Å²) in [5, 5.41) is 8.96. The quantitative estimate of drug-likeness (QED) is 0.456. The molecule has 1 aromatic rings. The predicted molar refractivity (Wildman–Crippen MR) is 92.8 cm³/mol. The van der Waals surface area contributed by atoms with E-state index in [0.717, 1.165) is 0 Å². The lowest BCUT2D eigenvalue weighted by Crippen LogP contribution is -2.53. The highest BCUT2D eigenvalue weighted by Crippen LogP contribution is 2.51. The Morgan fingerprint density at radius 2 is 1.45 bits per heavy atom.